The van der Waals surface area contributed by atoms with Gasteiger partial charge in [0.05, 0.1) is 6.61 Å². The first-order chi connectivity index (χ1) is 9.81. The number of para-hydroxylation sites is 1. The van der Waals surface area contributed by atoms with Crippen LogP contribution in [-0.4, -0.2) is 6.61 Å². The molecule has 0 saturated heterocycles. The molecule has 0 aromatic heterocycles. The second-order valence-corrected chi connectivity index (χ2v) is 5.36. The minimum atomic E-state index is 0.189. The number of ether oxygens (including phenoxy) is 1. The SMILES string of the molecule is CCCOc1ccccc1-c1cccc2c1CCC2N. The zero-order chi connectivity index (χ0) is 13.9. The van der Waals surface area contributed by atoms with E-state index in [0.717, 1.165) is 31.6 Å². The Kier molecular flexibility index (Phi) is 3.75. The summed E-state index contributed by atoms with van der Waals surface area (Å²) in [5.74, 6) is 0.975. The molecule has 0 radical (unpaired) electrons. The summed E-state index contributed by atoms with van der Waals surface area (Å²) in [5.41, 5.74) is 11.3. The number of fused-ring (bicyclic) bond motifs is 1. The summed E-state index contributed by atoms with van der Waals surface area (Å²) in [4.78, 5) is 0. The molecule has 2 aromatic carbocycles. The lowest BCUT2D eigenvalue weighted by atomic mass is 9.96. The molecule has 0 bridgehead atoms. The van der Waals surface area contributed by atoms with Crippen LogP contribution < -0.4 is 10.5 Å². The Morgan fingerprint density at radius 1 is 1.10 bits per heavy atom. The summed E-state index contributed by atoms with van der Waals surface area (Å²) >= 11 is 0. The topological polar surface area (TPSA) is 35.2 Å². The van der Waals surface area contributed by atoms with Crippen molar-refractivity contribution in [3.63, 3.8) is 0 Å². The number of hydrogen-bond acceptors (Lipinski definition) is 2. The maximum atomic E-state index is 6.18. The first-order valence-electron chi connectivity index (χ1n) is 7.41. The molecule has 1 unspecified atom stereocenters. The molecule has 104 valence electrons. The largest absolute Gasteiger partial charge is 0.493 e. The van der Waals surface area contributed by atoms with Crippen molar-refractivity contribution < 1.29 is 4.74 Å². The van der Waals surface area contributed by atoms with E-state index in [0.29, 0.717) is 0 Å². The average molecular weight is 267 g/mol. The van der Waals surface area contributed by atoms with E-state index in [-0.39, 0.29) is 6.04 Å². The minimum Gasteiger partial charge on any atom is -0.493 e. The predicted octanol–water partition coefficient (Wildman–Crippen LogP) is 4.09. The van der Waals surface area contributed by atoms with Gasteiger partial charge in [0.15, 0.2) is 0 Å². The van der Waals surface area contributed by atoms with Crippen molar-refractivity contribution in [1.29, 1.82) is 0 Å². The Hall–Kier alpha value is -1.80. The maximum absolute atomic E-state index is 6.18. The molecule has 0 aliphatic heterocycles. The van der Waals surface area contributed by atoms with Crippen molar-refractivity contribution in [2.75, 3.05) is 6.61 Å². The van der Waals surface area contributed by atoms with Gasteiger partial charge in [0, 0.05) is 11.6 Å². The van der Waals surface area contributed by atoms with Gasteiger partial charge in [-0.3, -0.25) is 0 Å². The fourth-order valence-corrected chi connectivity index (χ4v) is 2.97. The van der Waals surface area contributed by atoms with Crippen molar-refractivity contribution in [2.45, 2.75) is 32.2 Å². The van der Waals surface area contributed by atoms with Crippen LogP contribution in [0.15, 0.2) is 42.5 Å². The molecule has 2 heteroatoms. The van der Waals surface area contributed by atoms with Gasteiger partial charge in [-0.2, -0.15) is 0 Å². The van der Waals surface area contributed by atoms with Gasteiger partial charge in [0.2, 0.25) is 0 Å². The minimum absolute atomic E-state index is 0.189. The summed E-state index contributed by atoms with van der Waals surface area (Å²) < 4.78 is 5.90. The average Bonchev–Trinajstić information content (AvgIpc) is 2.87. The van der Waals surface area contributed by atoms with Crippen LogP contribution in [-0.2, 0) is 6.42 Å². The molecule has 1 aliphatic rings. The molecule has 2 aromatic rings. The molecule has 0 saturated carbocycles. The van der Waals surface area contributed by atoms with E-state index in [9.17, 15) is 0 Å². The van der Waals surface area contributed by atoms with Gasteiger partial charge in [-0.05, 0) is 42.0 Å². The quantitative estimate of drug-likeness (QED) is 0.905. The van der Waals surface area contributed by atoms with Crippen LogP contribution in [0.5, 0.6) is 5.75 Å². The van der Waals surface area contributed by atoms with E-state index >= 15 is 0 Å². The lowest BCUT2D eigenvalue weighted by Gasteiger charge is -2.14. The van der Waals surface area contributed by atoms with Crippen molar-refractivity contribution in [1.82, 2.24) is 0 Å². The Labute approximate surface area is 120 Å². The van der Waals surface area contributed by atoms with Crippen LogP contribution in [0.2, 0.25) is 0 Å². The van der Waals surface area contributed by atoms with Gasteiger partial charge in [-0.25, -0.2) is 0 Å². The Morgan fingerprint density at radius 3 is 2.75 bits per heavy atom. The normalized spacial score (nSPS) is 17.0. The van der Waals surface area contributed by atoms with E-state index in [1.807, 2.05) is 6.07 Å². The zero-order valence-electron chi connectivity index (χ0n) is 11.9. The van der Waals surface area contributed by atoms with Crippen LogP contribution >= 0.6 is 0 Å². The van der Waals surface area contributed by atoms with Gasteiger partial charge in [-0.1, -0.05) is 43.3 Å². The summed E-state index contributed by atoms with van der Waals surface area (Å²) in [5, 5.41) is 0. The molecule has 0 amide bonds. The molecule has 1 aliphatic carbocycles. The third kappa shape index (κ3) is 2.32. The van der Waals surface area contributed by atoms with Crippen LogP contribution in [0.3, 0.4) is 0 Å². The fraction of sp³-hybridized carbons (Fsp3) is 0.333. The van der Waals surface area contributed by atoms with Crippen molar-refractivity contribution >= 4 is 0 Å². The van der Waals surface area contributed by atoms with Crippen LogP contribution in [0.25, 0.3) is 11.1 Å². The molecule has 20 heavy (non-hydrogen) atoms. The lowest BCUT2D eigenvalue weighted by molar-refractivity contribution is 0.318. The number of nitrogens with two attached hydrogens (primary N) is 1. The number of rotatable bonds is 4. The van der Waals surface area contributed by atoms with E-state index in [1.54, 1.807) is 0 Å². The molecular weight excluding hydrogens is 246 g/mol. The summed E-state index contributed by atoms with van der Waals surface area (Å²) in [7, 11) is 0. The fourth-order valence-electron chi connectivity index (χ4n) is 2.97. The molecule has 1 atom stereocenters. The van der Waals surface area contributed by atoms with Crippen molar-refractivity contribution in [3.05, 3.63) is 53.6 Å². The first-order valence-corrected chi connectivity index (χ1v) is 7.41. The third-order valence-electron chi connectivity index (χ3n) is 3.96. The van der Waals surface area contributed by atoms with Gasteiger partial charge < -0.3 is 10.5 Å². The van der Waals surface area contributed by atoms with Gasteiger partial charge in [0.1, 0.15) is 5.75 Å². The number of benzene rings is 2. The highest BCUT2D eigenvalue weighted by Gasteiger charge is 2.22. The van der Waals surface area contributed by atoms with E-state index in [2.05, 4.69) is 43.3 Å². The summed E-state index contributed by atoms with van der Waals surface area (Å²) in [6, 6.07) is 14.9. The Balaban J connectivity index is 2.06. The van der Waals surface area contributed by atoms with Crippen molar-refractivity contribution in [3.8, 4) is 16.9 Å². The summed E-state index contributed by atoms with van der Waals surface area (Å²) in [6.45, 7) is 2.88. The highest BCUT2D eigenvalue weighted by atomic mass is 16.5. The Morgan fingerprint density at radius 2 is 1.90 bits per heavy atom. The number of hydrogen-bond donors (Lipinski definition) is 1. The van der Waals surface area contributed by atoms with Gasteiger partial charge >= 0.3 is 0 Å². The smallest absolute Gasteiger partial charge is 0.127 e. The second kappa shape index (κ2) is 5.68. The highest BCUT2D eigenvalue weighted by molar-refractivity contribution is 5.75. The molecule has 2 N–H and O–H groups in total. The maximum Gasteiger partial charge on any atom is 0.127 e. The predicted molar refractivity (Wildman–Crippen MR) is 82.9 cm³/mol. The first kappa shape index (κ1) is 13.2. The van der Waals surface area contributed by atoms with Crippen LogP contribution in [0.4, 0.5) is 0 Å². The standard InChI is InChI=1S/C18H21NO/c1-2-12-20-18-9-4-3-6-16(18)13-7-5-8-15-14(13)10-11-17(15)19/h3-9,17H,2,10-12,19H2,1H3. The van der Waals surface area contributed by atoms with E-state index in [1.165, 1.54) is 22.3 Å². The van der Waals surface area contributed by atoms with Crippen LogP contribution in [0.1, 0.15) is 36.9 Å². The van der Waals surface area contributed by atoms with Gasteiger partial charge in [-0.15, -0.1) is 0 Å². The highest BCUT2D eigenvalue weighted by Crippen LogP contribution is 2.39. The van der Waals surface area contributed by atoms with Crippen molar-refractivity contribution in [2.24, 2.45) is 5.73 Å². The second-order valence-electron chi connectivity index (χ2n) is 5.36. The Bertz CT molecular complexity index is 606. The molecule has 3 rings (SSSR count). The van der Waals surface area contributed by atoms with Gasteiger partial charge in [0.25, 0.3) is 0 Å². The molecule has 2 nitrogen and oxygen atoms in total. The van der Waals surface area contributed by atoms with E-state index < -0.39 is 0 Å². The molecular formula is C18H21NO. The van der Waals surface area contributed by atoms with Crippen LogP contribution in [0, 0.1) is 0 Å². The molecule has 0 fully saturated rings. The molecule has 0 spiro atoms. The zero-order valence-corrected chi connectivity index (χ0v) is 11.9. The third-order valence-corrected chi connectivity index (χ3v) is 3.96. The van der Waals surface area contributed by atoms with E-state index in [4.69, 9.17) is 10.5 Å². The monoisotopic (exact) mass is 267 g/mol. The summed E-state index contributed by atoms with van der Waals surface area (Å²) in [6.07, 6.45) is 3.13. The molecule has 0 heterocycles. The lowest BCUT2D eigenvalue weighted by Crippen LogP contribution is -2.05.